The Hall–Kier alpha value is -6.78. The van der Waals surface area contributed by atoms with Gasteiger partial charge in [-0.2, -0.15) is 0 Å². The Kier molecular flexibility index (Phi) is 6.56. The van der Waals surface area contributed by atoms with Crippen LogP contribution in [0.15, 0.2) is 167 Å². The summed E-state index contributed by atoms with van der Waals surface area (Å²) in [4.78, 5) is 10.6. The molecule has 1 aliphatic rings. The lowest BCUT2D eigenvalue weighted by Crippen LogP contribution is -1.99. The fraction of sp³-hybridized carbons (Fsp3) is 0.0612. The number of allylic oxidation sites excluding steroid dienone is 4. The van der Waals surface area contributed by atoms with Crippen molar-refractivity contribution in [1.29, 1.82) is 0 Å². The highest BCUT2D eigenvalue weighted by molar-refractivity contribution is 6.08. The second-order valence-electron chi connectivity index (χ2n) is 14.3. The number of hydrogen-bond donors (Lipinski definition) is 0. The van der Waals surface area contributed by atoms with Crippen LogP contribution in [0.2, 0.25) is 0 Å². The zero-order chi connectivity index (χ0) is 35.0. The van der Waals surface area contributed by atoms with Crippen LogP contribution in [0.25, 0.3) is 105 Å². The zero-order valence-corrected chi connectivity index (χ0v) is 29.0. The number of para-hydroxylation sites is 2. The summed E-state index contributed by atoms with van der Waals surface area (Å²) in [6.45, 7) is 2.25. The van der Waals surface area contributed by atoms with Gasteiger partial charge in [0.2, 0.25) is 0 Å². The van der Waals surface area contributed by atoms with Crippen molar-refractivity contribution in [3.05, 3.63) is 163 Å². The summed E-state index contributed by atoms with van der Waals surface area (Å²) in [5.74, 6) is 0.492. The first-order valence-corrected chi connectivity index (χ1v) is 18.2. The second-order valence-corrected chi connectivity index (χ2v) is 14.3. The van der Waals surface area contributed by atoms with Crippen LogP contribution in [0.5, 0.6) is 0 Å². The largest absolute Gasteiger partial charge is 0.456 e. The number of fused-ring (bicyclic) bond motifs is 9. The van der Waals surface area contributed by atoms with E-state index < -0.39 is 0 Å². The number of nitrogens with zero attached hydrogens (tertiary/aromatic N) is 2. The van der Waals surface area contributed by atoms with E-state index in [0.717, 1.165) is 111 Å². The van der Waals surface area contributed by atoms with Crippen LogP contribution >= 0.6 is 0 Å². The molecule has 6 aromatic carbocycles. The summed E-state index contributed by atoms with van der Waals surface area (Å²) in [6.07, 6.45) is 7.57. The summed E-state index contributed by atoms with van der Waals surface area (Å²) >= 11 is 0. The molecule has 53 heavy (non-hydrogen) atoms. The molecule has 1 atom stereocenters. The standard InChI is InChI=1S/C49H32N2O2/c1-29-7-6-8-34(23-29)42-21-17-30-13-14-31-18-22-43(51-49(31)48(30)50-42)37-25-35(32-15-19-40-38-9-2-4-11-44(38)52-46(40)27-32)24-36(26-37)33-16-20-41-39-10-3-5-12-45(39)53-47(41)28-33/h2-22,24-29H,23H2,1H3. The Bertz CT molecular complexity index is 3050. The molecule has 4 heteroatoms. The number of furan rings is 2. The van der Waals surface area contributed by atoms with Gasteiger partial charge in [0, 0.05) is 37.9 Å². The van der Waals surface area contributed by atoms with Crippen LogP contribution in [0, 0.1) is 5.92 Å². The minimum atomic E-state index is 0.492. The SMILES string of the molecule is CC1C=CC=C(c2ccc3ccc4ccc(-c5cc(-c6ccc7c(c6)oc6ccccc67)cc(-c6ccc7c(c6)oc6ccccc67)c5)nc4c3n2)C1. The van der Waals surface area contributed by atoms with Gasteiger partial charge in [0.05, 0.1) is 22.4 Å². The average Bonchev–Trinajstić information content (AvgIpc) is 3.78. The highest BCUT2D eigenvalue weighted by atomic mass is 16.3. The molecule has 1 aliphatic carbocycles. The van der Waals surface area contributed by atoms with Crippen molar-refractivity contribution in [2.24, 2.45) is 5.92 Å². The molecule has 10 aromatic rings. The topological polar surface area (TPSA) is 52.1 Å². The molecule has 11 rings (SSSR count). The molecule has 0 bridgehead atoms. The fourth-order valence-electron chi connectivity index (χ4n) is 8.06. The van der Waals surface area contributed by atoms with Crippen molar-refractivity contribution in [2.75, 3.05) is 0 Å². The van der Waals surface area contributed by atoms with E-state index in [1.807, 2.05) is 24.3 Å². The van der Waals surface area contributed by atoms with Crippen molar-refractivity contribution in [3.63, 3.8) is 0 Å². The Balaban J connectivity index is 1.10. The lowest BCUT2D eigenvalue weighted by molar-refractivity contribution is 0.668. The average molecular weight is 681 g/mol. The number of benzene rings is 6. The van der Waals surface area contributed by atoms with Gasteiger partial charge in [-0.1, -0.05) is 97.9 Å². The fourth-order valence-corrected chi connectivity index (χ4v) is 8.06. The highest BCUT2D eigenvalue weighted by Gasteiger charge is 2.16. The maximum Gasteiger partial charge on any atom is 0.136 e. The molecule has 4 nitrogen and oxygen atoms in total. The lowest BCUT2D eigenvalue weighted by Gasteiger charge is -2.15. The van der Waals surface area contributed by atoms with Crippen LogP contribution in [0.1, 0.15) is 19.0 Å². The third-order valence-electron chi connectivity index (χ3n) is 10.8. The molecule has 0 amide bonds. The van der Waals surface area contributed by atoms with Gasteiger partial charge in [-0.25, -0.2) is 9.97 Å². The Morgan fingerprint density at radius 2 is 0.981 bits per heavy atom. The van der Waals surface area contributed by atoms with Gasteiger partial charge in [-0.15, -0.1) is 0 Å². The Morgan fingerprint density at radius 3 is 1.58 bits per heavy atom. The number of aromatic nitrogens is 2. The molecule has 0 saturated carbocycles. The molecule has 0 saturated heterocycles. The van der Waals surface area contributed by atoms with Gasteiger partial charge in [0.15, 0.2) is 0 Å². The van der Waals surface area contributed by atoms with E-state index in [0.29, 0.717) is 5.92 Å². The van der Waals surface area contributed by atoms with Gasteiger partial charge in [0.25, 0.3) is 0 Å². The minimum absolute atomic E-state index is 0.492. The monoisotopic (exact) mass is 680 g/mol. The van der Waals surface area contributed by atoms with Crippen molar-refractivity contribution < 1.29 is 8.83 Å². The molecule has 4 heterocycles. The number of hydrogen-bond acceptors (Lipinski definition) is 4. The third kappa shape index (κ3) is 4.98. The molecule has 0 fully saturated rings. The number of rotatable bonds is 4. The minimum Gasteiger partial charge on any atom is -0.456 e. The molecule has 1 unspecified atom stereocenters. The van der Waals surface area contributed by atoms with Gasteiger partial charge in [-0.3, -0.25) is 0 Å². The van der Waals surface area contributed by atoms with Crippen molar-refractivity contribution >= 4 is 71.3 Å². The van der Waals surface area contributed by atoms with Crippen LogP contribution in [0.3, 0.4) is 0 Å². The van der Waals surface area contributed by atoms with Gasteiger partial charge >= 0.3 is 0 Å². The summed E-state index contributed by atoms with van der Waals surface area (Å²) in [5.41, 5.74) is 13.8. The van der Waals surface area contributed by atoms with Crippen LogP contribution in [-0.4, -0.2) is 9.97 Å². The number of pyridine rings is 2. The van der Waals surface area contributed by atoms with E-state index in [-0.39, 0.29) is 0 Å². The first-order valence-electron chi connectivity index (χ1n) is 18.2. The van der Waals surface area contributed by atoms with Crippen molar-refractivity contribution in [1.82, 2.24) is 9.97 Å². The Morgan fingerprint density at radius 1 is 0.472 bits per heavy atom. The zero-order valence-electron chi connectivity index (χ0n) is 29.0. The molecular weight excluding hydrogens is 649 g/mol. The van der Waals surface area contributed by atoms with E-state index in [9.17, 15) is 0 Å². The molecule has 0 spiro atoms. The molecular formula is C49H32N2O2. The van der Waals surface area contributed by atoms with Crippen molar-refractivity contribution in [3.8, 4) is 33.5 Å². The summed E-state index contributed by atoms with van der Waals surface area (Å²) in [7, 11) is 0. The molecule has 0 radical (unpaired) electrons. The first kappa shape index (κ1) is 29.9. The second kappa shape index (κ2) is 11.6. The normalized spacial score (nSPS) is 14.7. The first-order chi connectivity index (χ1) is 26.1. The van der Waals surface area contributed by atoms with Crippen LogP contribution < -0.4 is 0 Å². The quantitative estimate of drug-likeness (QED) is 0.174. The predicted molar refractivity (Wildman–Crippen MR) is 219 cm³/mol. The third-order valence-corrected chi connectivity index (χ3v) is 10.8. The Labute approximate surface area is 305 Å². The van der Waals surface area contributed by atoms with E-state index in [1.54, 1.807) is 0 Å². The van der Waals surface area contributed by atoms with E-state index in [4.69, 9.17) is 18.8 Å². The predicted octanol–water partition coefficient (Wildman–Crippen LogP) is 13.6. The maximum absolute atomic E-state index is 6.33. The summed E-state index contributed by atoms with van der Waals surface area (Å²) in [6, 6.07) is 49.1. The van der Waals surface area contributed by atoms with Crippen molar-refractivity contribution in [2.45, 2.75) is 13.3 Å². The smallest absolute Gasteiger partial charge is 0.136 e. The molecule has 0 N–H and O–H groups in total. The highest BCUT2D eigenvalue weighted by Crippen LogP contribution is 2.39. The molecule has 4 aromatic heterocycles. The molecule has 250 valence electrons. The molecule has 0 aliphatic heterocycles. The summed E-state index contributed by atoms with van der Waals surface area (Å²) in [5, 5.41) is 6.62. The lowest BCUT2D eigenvalue weighted by atomic mass is 9.93. The van der Waals surface area contributed by atoms with E-state index in [2.05, 4.69) is 140 Å². The van der Waals surface area contributed by atoms with Gasteiger partial charge in [0.1, 0.15) is 22.3 Å². The van der Waals surface area contributed by atoms with E-state index in [1.165, 1.54) is 5.57 Å². The van der Waals surface area contributed by atoms with Gasteiger partial charge in [-0.05, 0) is 107 Å². The van der Waals surface area contributed by atoms with Crippen LogP contribution in [-0.2, 0) is 0 Å². The van der Waals surface area contributed by atoms with Crippen LogP contribution in [0.4, 0.5) is 0 Å². The van der Waals surface area contributed by atoms with E-state index >= 15 is 0 Å². The van der Waals surface area contributed by atoms with Gasteiger partial charge < -0.3 is 8.83 Å². The summed E-state index contributed by atoms with van der Waals surface area (Å²) < 4.78 is 12.7. The maximum atomic E-state index is 6.33.